The number of carbonyl (C=O) groups excluding carboxylic acids is 1. The standard InChI is InChI=1S/C12H20N4O2/c1-2-9-3-5-10(6-4-9)18-11(17)7-16-8-14-12(13)15-16/h8-10H,2-7H2,1H3,(H2,13,15). The Morgan fingerprint density at radius 2 is 2.22 bits per heavy atom. The number of nitrogen functional groups attached to an aromatic ring is 1. The lowest BCUT2D eigenvalue weighted by Crippen LogP contribution is -2.26. The maximum absolute atomic E-state index is 11.7. The molecule has 1 aliphatic carbocycles. The highest BCUT2D eigenvalue weighted by atomic mass is 16.5. The summed E-state index contributed by atoms with van der Waals surface area (Å²) in [5.41, 5.74) is 5.37. The van der Waals surface area contributed by atoms with Gasteiger partial charge in [-0.15, -0.1) is 5.10 Å². The lowest BCUT2D eigenvalue weighted by atomic mass is 9.86. The van der Waals surface area contributed by atoms with Gasteiger partial charge in [0.15, 0.2) is 0 Å². The van der Waals surface area contributed by atoms with E-state index < -0.39 is 0 Å². The van der Waals surface area contributed by atoms with Crippen molar-refractivity contribution in [2.24, 2.45) is 5.92 Å². The molecule has 0 radical (unpaired) electrons. The lowest BCUT2D eigenvalue weighted by molar-refractivity contribution is -0.151. The summed E-state index contributed by atoms with van der Waals surface area (Å²) in [7, 11) is 0. The van der Waals surface area contributed by atoms with E-state index in [9.17, 15) is 4.79 Å². The van der Waals surface area contributed by atoms with Gasteiger partial charge in [-0.3, -0.25) is 4.79 Å². The van der Waals surface area contributed by atoms with E-state index in [0.717, 1.165) is 31.6 Å². The number of aromatic nitrogens is 3. The molecule has 1 fully saturated rings. The summed E-state index contributed by atoms with van der Waals surface area (Å²) in [6.07, 6.45) is 6.99. The maximum Gasteiger partial charge on any atom is 0.328 e. The van der Waals surface area contributed by atoms with E-state index in [4.69, 9.17) is 10.5 Å². The van der Waals surface area contributed by atoms with Crippen LogP contribution in [-0.4, -0.2) is 26.8 Å². The van der Waals surface area contributed by atoms with Crippen LogP contribution < -0.4 is 5.73 Å². The summed E-state index contributed by atoms with van der Waals surface area (Å²) < 4.78 is 6.83. The molecule has 1 heterocycles. The van der Waals surface area contributed by atoms with Crippen LogP contribution in [0.5, 0.6) is 0 Å². The van der Waals surface area contributed by atoms with Gasteiger partial charge in [0.2, 0.25) is 5.95 Å². The summed E-state index contributed by atoms with van der Waals surface area (Å²) in [6, 6.07) is 0. The van der Waals surface area contributed by atoms with Crippen molar-refractivity contribution in [1.82, 2.24) is 14.8 Å². The highest BCUT2D eigenvalue weighted by Gasteiger charge is 2.22. The zero-order valence-electron chi connectivity index (χ0n) is 10.7. The predicted octanol–water partition coefficient (Wildman–Crippen LogP) is 1.37. The first kappa shape index (κ1) is 12.9. The van der Waals surface area contributed by atoms with Gasteiger partial charge in [0.1, 0.15) is 19.0 Å². The minimum absolute atomic E-state index is 0.0705. The molecule has 1 saturated carbocycles. The second-order valence-corrected chi connectivity index (χ2v) is 4.84. The number of hydrogen-bond donors (Lipinski definition) is 1. The first-order valence-corrected chi connectivity index (χ1v) is 6.51. The van der Waals surface area contributed by atoms with Gasteiger partial charge >= 0.3 is 5.97 Å². The Labute approximate surface area is 107 Å². The van der Waals surface area contributed by atoms with Gasteiger partial charge in [-0.05, 0) is 31.6 Å². The molecule has 6 heteroatoms. The van der Waals surface area contributed by atoms with E-state index in [-0.39, 0.29) is 24.6 Å². The third-order valence-electron chi connectivity index (χ3n) is 3.51. The second kappa shape index (κ2) is 5.84. The number of anilines is 1. The van der Waals surface area contributed by atoms with Crippen molar-refractivity contribution >= 4 is 11.9 Å². The molecule has 1 aromatic heterocycles. The fourth-order valence-corrected chi connectivity index (χ4v) is 2.40. The second-order valence-electron chi connectivity index (χ2n) is 4.84. The molecule has 100 valence electrons. The van der Waals surface area contributed by atoms with E-state index in [1.807, 2.05) is 0 Å². The molecule has 1 aliphatic rings. The Kier molecular flexibility index (Phi) is 4.17. The highest BCUT2D eigenvalue weighted by molar-refractivity contribution is 5.69. The van der Waals surface area contributed by atoms with E-state index in [2.05, 4.69) is 17.0 Å². The van der Waals surface area contributed by atoms with Crippen LogP contribution in [0.25, 0.3) is 0 Å². The largest absolute Gasteiger partial charge is 0.461 e. The number of nitrogens with two attached hydrogens (primary N) is 1. The average Bonchev–Trinajstić information content (AvgIpc) is 2.75. The van der Waals surface area contributed by atoms with Crippen molar-refractivity contribution in [3.63, 3.8) is 0 Å². The summed E-state index contributed by atoms with van der Waals surface area (Å²) in [5, 5.41) is 3.85. The Morgan fingerprint density at radius 1 is 1.50 bits per heavy atom. The Balaban J connectivity index is 1.75. The molecule has 0 atom stereocenters. The molecular weight excluding hydrogens is 232 g/mol. The molecule has 0 bridgehead atoms. The highest BCUT2D eigenvalue weighted by Crippen LogP contribution is 2.28. The monoisotopic (exact) mass is 252 g/mol. The predicted molar refractivity (Wildman–Crippen MR) is 66.6 cm³/mol. The number of nitrogens with zero attached hydrogens (tertiary/aromatic N) is 3. The van der Waals surface area contributed by atoms with Crippen LogP contribution >= 0.6 is 0 Å². The van der Waals surface area contributed by atoms with Gasteiger partial charge < -0.3 is 10.5 Å². The molecule has 0 amide bonds. The smallest absolute Gasteiger partial charge is 0.328 e. The van der Waals surface area contributed by atoms with Crippen molar-refractivity contribution < 1.29 is 9.53 Å². The molecule has 0 aromatic carbocycles. The van der Waals surface area contributed by atoms with Crippen LogP contribution in [0.4, 0.5) is 5.95 Å². The van der Waals surface area contributed by atoms with Gasteiger partial charge in [0, 0.05) is 0 Å². The minimum atomic E-state index is -0.264. The Bertz CT molecular complexity index is 397. The SMILES string of the molecule is CCC1CCC(OC(=O)Cn2cnc(N)n2)CC1. The van der Waals surface area contributed by atoms with E-state index in [0.29, 0.717) is 0 Å². The average molecular weight is 252 g/mol. The zero-order chi connectivity index (χ0) is 13.0. The van der Waals surface area contributed by atoms with E-state index in [1.54, 1.807) is 0 Å². The minimum Gasteiger partial charge on any atom is -0.461 e. The number of ether oxygens (including phenoxy) is 1. The van der Waals surface area contributed by atoms with Crippen molar-refractivity contribution in [2.45, 2.75) is 51.7 Å². The molecule has 2 N–H and O–H groups in total. The number of carbonyl (C=O) groups is 1. The lowest BCUT2D eigenvalue weighted by Gasteiger charge is -2.27. The van der Waals surface area contributed by atoms with Crippen molar-refractivity contribution in [2.75, 3.05) is 5.73 Å². The normalized spacial score (nSPS) is 23.8. The van der Waals surface area contributed by atoms with E-state index >= 15 is 0 Å². The quantitative estimate of drug-likeness (QED) is 0.818. The Morgan fingerprint density at radius 3 is 2.78 bits per heavy atom. The topological polar surface area (TPSA) is 83.0 Å². The fraction of sp³-hybridized carbons (Fsp3) is 0.750. The first-order valence-electron chi connectivity index (χ1n) is 6.51. The number of hydrogen-bond acceptors (Lipinski definition) is 5. The van der Waals surface area contributed by atoms with Crippen LogP contribution in [0.1, 0.15) is 39.0 Å². The molecule has 0 aliphatic heterocycles. The fourth-order valence-electron chi connectivity index (χ4n) is 2.40. The molecule has 0 spiro atoms. The summed E-state index contributed by atoms with van der Waals surface area (Å²) in [6.45, 7) is 2.30. The Hall–Kier alpha value is -1.59. The van der Waals surface area contributed by atoms with Crippen molar-refractivity contribution in [3.8, 4) is 0 Å². The van der Waals surface area contributed by atoms with Crippen LogP contribution in [0, 0.1) is 5.92 Å². The van der Waals surface area contributed by atoms with Crippen molar-refractivity contribution in [3.05, 3.63) is 6.33 Å². The van der Waals surface area contributed by atoms with Gasteiger partial charge in [-0.2, -0.15) is 0 Å². The molecule has 0 unspecified atom stereocenters. The van der Waals surface area contributed by atoms with Gasteiger partial charge in [0.25, 0.3) is 0 Å². The van der Waals surface area contributed by atoms with Crippen molar-refractivity contribution in [1.29, 1.82) is 0 Å². The summed E-state index contributed by atoms with van der Waals surface area (Å²) in [5.74, 6) is 0.709. The third kappa shape index (κ3) is 3.45. The van der Waals surface area contributed by atoms with Gasteiger partial charge in [0.05, 0.1) is 0 Å². The zero-order valence-corrected chi connectivity index (χ0v) is 10.7. The van der Waals surface area contributed by atoms with Crippen LogP contribution in [0.2, 0.25) is 0 Å². The van der Waals surface area contributed by atoms with Gasteiger partial charge in [-0.1, -0.05) is 13.3 Å². The third-order valence-corrected chi connectivity index (χ3v) is 3.51. The van der Waals surface area contributed by atoms with Crippen LogP contribution in [-0.2, 0) is 16.1 Å². The molecular formula is C12H20N4O2. The van der Waals surface area contributed by atoms with Crippen LogP contribution in [0.15, 0.2) is 6.33 Å². The number of rotatable bonds is 4. The van der Waals surface area contributed by atoms with Gasteiger partial charge in [-0.25, -0.2) is 9.67 Å². The number of esters is 1. The first-order chi connectivity index (χ1) is 8.67. The molecule has 18 heavy (non-hydrogen) atoms. The maximum atomic E-state index is 11.7. The molecule has 6 nitrogen and oxygen atoms in total. The van der Waals surface area contributed by atoms with E-state index in [1.165, 1.54) is 17.4 Å². The molecule has 0 saturated heterocycles. The van der Waals surface area contributed by atoms with Crippen LogP contribution in [0.3, 0.4) is 0 Å². The summed E-state index contributed by atoms with van der Waals surface area (Å²) >= 11 is 0. The molecule has 1 aromatic rings. The molecule has 2 rings (SSSR count). The summed E-state index contributed by atoms with van der Waals surface area (Å²) in [4.78, 5) is 15.4.